The first-order valence-corrected chi connectivity index (χ1v) is 10.1. The first-order chi connectivity index (χ1) is 12.8. The number of ether oxygens (including phenoxy) is 1. The van der Waals surface area contributed by atoms with Crippen LogP contribution in [-0.4, -0.2) is 34.6 Å². The molecule has 0 radical (unpaired) electrons. The number of carbonyl (C=O) groups excluding carboxylic acids is 1. The molecule has 0 heterocycles. The van der Waals surface area contributed by atoms with E-state index in [1.807, 2.05) is 19.1 Å². The first kappa shape index (κ1) is 21.0. The average Bonchev–Trinajstić information content (AvgIpc) is 2.65. The maximum absolute atomic E-state index is 12.2. The van der Waals surface area contributed by atoms with Gasteiger partial charge in [0.15, 0.2) is 0 Å². The van der Waals surface area contributed by atoms with E-state index in [-0.39, 0.29) is 24.0 Å². The standard InChI is InChI=1S/C18H22ClN3O4S/c1-13(14-4-3-5-15(19)12-14)22-18(23)20-10-11-21-27(24,25)17-8-6-16(26-2)7-9-17/h3-9,12-13,21H,10-11H2,1-2H3,(H2,20,22,23)/t13-/m1/s1. The molecule has 9 heteroatoms. The summed E-state index contributed by atoms with van der Waals surface area (Å²) in [5.41, 5.74) is 0.873. The van der Waals surface area contributed by atoms with Gasteiger partial charge in [0.2, 0.25) is 10.0 Å². The van der Waals surface area contributed by atoms with Crippen LogP contribution in [0.5, 0.6) is 5.75 Å². The summed E-state index contributed by atoms with van der Waals surface area (Å²) in [5.74, 6) is 0.570. The fourth-order valence-corrected chi connectivity index (χ4v) is 3.54. The van der Waals surface area contributed by atoms with Crippen LogP contribution in [-0.2, 0) is 10.0 Å². The number of nitrogens with one attached hydrogen (secondary N) is 3. The van der Waals surface area contributed by atoms with Gasteiger partial charge in [0, 0.05) is 18.1 Å². The molecule has 27 heavy (non-hydrogen) atoms. The van der Waals surface area contributed by atoms with Gasteiger partial charge in [-0.05, 0) is 48.9 Å². The molecule has 0 aliphatic carbocycles. The van der Waals surface area contributed by atoms with Gasteiger partial charge >= 0.3 is 6.03 Å². The summed E-state index contributed by atoms with van der Waals surface area (Å²) in [4.78, 5) is 12.1. The molecule has 0 spiro atoms. The highest BCUT2D eigenvalue weighted by molar-refractivity contribution is 7.89. The zero-order valence-electron chi connectivity index (χ0n) is 15.0. The van der Waals surface area contributed by atoms with E-state index in [2.05, 4.69) is 15.4 Å². The molecule has 0 aromatic heterocycles. The molecule has 7 nitrogen and oxygen atoms in total. The van der Waals surface area contributed by atoms with E-state index in [0.29, 0.717) is 10.8 Å². The largest absolute Gasteiger partial charge is 0.497 e. The lowest BCUT2D eigenvalue weighted by atomic mass is 10.1. The molecule has 0 saturated carbocycles. The molecule has 1 atom stereocenters. The Morgan fingerprint density at radius 3 is 2.48 bits per heavy atom. The highest BCUT2D eigenvalue weighted by Gasteiger charge is 2.14. The number of benzene rings is 2. The van der Waals surface area contributed by atoms with Crippen molar-refractivity contribution >= 4 is 27.7 Å². The van der Waals surface area contributed by atoms with E-state index in [9.17, 15) is 13.2 Å². The van der Waals surface area contributed by atoms with Crippen LogP contribution in [0.3, 0.4) is 0 Å². The SMILES string of the molecule is COc1ccc(S(=O)(=O)NCCNC(=O)N[C@H](C)c2cccc(Cl)c2)cc1. The molecule has 0 saturated heterocycles. The van der Waals surface area contributed by atoms with E-state index in [1.54, 1.807) is 24.3 Å². The molecular weight excluding hydrogens is 390 g/mol. The van der Waals surface area contributed by atoms with Crippen molar-refractivity contribution < 1.29 is 17.9 Å². The highest BCUT2D eigenvalue weighted by Crippen LogP contribution is 2.17. The van der Waals surface area contributed by atoms with Gasteiger partial charge in [-0.25, -0.2) is 17.9 Å². The number of methoxy groups -OCH3 is 1. The normalized spacial score (nSPS) is 12.3. The van der Waals surface area contributed by atoms with Gasteiger partial charge in [-0.1, -0.05) is 23.7 Å². The molecule has 2 aromatic carbocycles. The van der Waals surface area contributed by atoms with Crippen LogP contribution < -0.4 is 20.1 Å². The Balaban J connectivity index is 1.77. The number of hydrogen-bond acceptors (Lipinski definition) is 4. The van der Waals surface area contributed by atoms with Crippen molar-refractivity contribution in [1.29, 1.82) is 0 Å². The second-order valence-electron chi connectivity index (χ2n) is 5.75. The van der Waals surface area contributed by atoms with Gasteiger partial charge in [-0.3, -0.25) is 0 Å². The van der Waals surface area contributed by atoms with E-state index in [4.69, 9.17) is 16.3 Å². The van der Waals surface area contributed by atoms with Gasteiger partial charge in [0.25, 0.3) is 0 Å². The predicted octanol–water partition coefficient (Wildman–Crippen LogP) is 2.69. The number of amides is 2. The zero-order valence-corrected chi connectivity index (χ0v) is 16.6. The third-order valence-electron chi connectivity index (χ3n) is 3.77. The fourth-order valence-electron chi connectivity index (χ4n) is 2.31. The molecule has 2 rings (SSSR count). The molecular formula is C18H22ClN3O4S. The molecule has 2 amide bonds. The number of rotatable bonds is 8. The summed E-state index contributed by atoms with van der Waals surface area (Å²) in [7, 11) is -2.14. The Bertz CT molecular complexity index is 872. The number of hydrogen-bond donors (Lipinski definition) is 3. The first-order valence-electron chi connectivity index (χ1n) is 8.25. The van der Waals surface area contributed by atoms with Crippen molar-refractivity contribution in [2.45, 2.75) is 17.9 Å². The summed E-state index contributed by atoms with van der Waals surface area (Å²) in [5, 5.41) is 5.97. The lowest BCUT2D eigenvalue weighted by molar-refractivity contribution is 0.238. The molecule has 2 aromatic rings. The molecule has 0 unspecified atom stereocenters. The Labute approximate surface area is 164 Å². The third-order valence-corrected chi connectivity index (χ3v) is 5.48. The molecule has 146 valence electrons. The second kappa shape index (κ2) is 9.59. The maximum atomic E-state index is 12.2. The van der Waals surface area contributed by atoms with Crippen molar-refractivity contribution in [1.82, 2.24) is 15.4 Å². The average molecular weight is 412 g/mol. The Hall–Kier alpha value is -2.29. The summed E-state index contributed by atoms with van der Waals surface area (Å²) in [6, 6.07) is 12.6. The maximum Gasteiger partial charge on any atom is 0.315 e. The summed E-state index contributed by atoms with van der Waals surface area (Å²) in [6.45, 7) is 2.04. The van der Waals surface area contributed by atoms with Crippen LogP contribution in [0.2, 0.25) is 5.02 Å². The Morgan fingerprint density at radius 2 is 1.85 bits per heavy atom. The zero-order chi connectivity index (χ0) is 19.9. The molecule has 3 N–H and O–H groups in total. The van der Waals surface area contributed by atoms with Crippen LogP contribution >= 0.6 is 11.6 Å². The van der Waals surface area contributed by atoms with Crippen molar-refractivity contribution in [2.75, 3.05) is 20.2 Å². The Morgan fingerprint density at radius 1 is 1.15 bits per heavy atom. The van der Waals surface area contributed by atoms with Gasteiger partial charge in [-0.2, -0.15) is 0 Å². The number of urea groups is 1. The van der Waals surface area contributed by atoms with Gasteiger partial charge in [-0.15, -0.1) is 0 Å². The minimum Gasteiger partial charge on any atom is -0.497 e. The minimum absolute atomic E-state index is 0.0628. The number of sulfonamides is 1. The fraction of sp³-hybridized carbons (Fsp3) is 0.278. The quantitative estimate of drug-likeness (QED) is 0.582. The third kappa shape index (κ3) is 6.42. The second-order valence-corrected chi connectivity index (χ2v) is 7.95. The van der Waals surface area contributed by atoms with Crippen LogP contribution in [0.15, 0.2) is 53.4 Å². The Kier molecular flexibility index (Phi) is 7.46. The van der Waals surface area contributed by atoms with Crippen LogP contribution in [0.25, 0.3) is 0 Å². The van der Waals surface area contributed by atoms with E-state index < -0.39 is 16.1 Å². The van der Waals surface area contributed by atoms with E-state index in [1.165, 1.54) is 19.2 Å². The molecule has 0 bridgehead atoms. The minimum atomic E-state index is -3.65. The van der Waals surface area contributed by atoms with E-state index in [0.717, 1.165) is 5.56 Å². The molecule has 0 aliphatic rings. The summed E-state index contributed by atoms with van der Waals surface area (Å²) < 4.78 is 31.8. The van der Waals surface area contributed by atoms with Crippen molar-refractivity contribution in [3.8, 4) is 5.75 Å². The van der Waals surface area contributed by atoms with Gasteiger partial charge in [0.05, 0.1) is 18.0 Å². The lowest BCUT2D eigenvalue weighted by Crippen LogP contribution is -2.41. The smallest absolute Gasteiger partial charge is 0.315 e. The highest BCUT2D eigenvalue weighted by atomic mass is 35.5. The van der Waals surface area contributed by atoms with Crippen molar-refractivity contribution in [3.05, 3.63) is 59.1 Å². The van der Waals surface area contributed by atoms with Gasteiger partial charge < -0.3 is 15.4 Å². The molecule has 0 aliphatic heterocycles. The predicted molar refractivity (Wildman–Crippen MR) is 105 cm³/mol. The summed E-state index contributed by atoms with van der Waals surface area (Å²) in [6.07, 6.45) is 0. The van der Waals surface area contributed by atoms with Crippen LogP contribution in [0, 0.1) is 0 Å². The van der Waals surface area contributed by atoms with Crippen LogP contribution in [0.1, 0.15) is 18.5 Å². The van der Waals surface area contributed by atoms with Gasteiger partial charge in [0.1, 0.15) is 5.75 Å². The lowest BCUT2D eigenvalue weighted by Gasteiger charge is -2.15. The monoisotopic (exact) mass is 411 g/mol. The van der Waals surface area contributed by atoms with Crippen LogP contribution in [0.4, 0.5) is 4.79 Å². The topological polar surface area (TPSA) is 96.5 Å². The van der Waals surface area contributed by atoms with E-state index >= 15 is 0 Å². The van der Waals surface area contributed by atoms with Crippen molar-refractivity contribution in [3.63, 3.8) is 0 Å². The molecule has 0 fully saturated rings. The van der Waals surface area contributed by atoms with Crippen molar-refractivity contribution in [2.24, 2.45) is 0 Å². The number of halogens is 1. The number of carbonyl (C=O) groups is 1. The summed E-state index contributed by atoms with van der Waals surface area (Å²) >= 11 is 5.94.